The molecule has 1 aliphatic carbocycles. The molecule has 1 saturated carbocycles. The van der Waals surface area contributed by atoms with E-state index in [2.05, 4.69) is 13.8 Å². The highest BCUT2D eigenvalue weighted by Gasteiger charge is 2.43. The Balaban J connectivity index is 0.000000487. The number of hydrogen-bond acceptors (Lipinski definition) is 3. The van der Waals surface area contributed by atoms with Crippen LogP contribution in [-0.4, -0.2) is 28.9 Å². The van der Waals surface area contributed by atoms with Crippen LogP contribution >= 0.6 is 0 Å². The highest BCUT2D eigenvalue weighted by Crippen LogP contribution is 2.52. The van der Waals surface area contributed by atoms with Crippen molar-refractivity contribution < 1.29 is 24.5 Å². The second-order valence-electron chi connectivity index (χ2n) is 4.19. The third kappa shape index (κ3) is 6.86. The van der Waals surface area contributed by atoms with Crippen LogP contribution in [0.15, 0.2) is 12.2 Å². The molecule has 1 unspecified atom stereocenters. The molecular weight excluding hydrogens is 212 g/mol. The first-order chi connectivity index (χ1) is 7.29. The SMILES string of the molecule is CCOC(=O)C=CC1CC1(C)C.O=C(O)O. The molecule has 0 aliphatic heterocycles. The lowest BCUT2D eigenvalue weighted by Crippen LogP contribution is -1.99. The van der Waals surface area contributed by atoms with E-state index in [1.807, 2.05) is 13.0 Å². The molecule has 1 fully saturated rings. The maximum absolute atomic E-state index is 10.9. The van der Waals surface area contributed by atoms with Gasteiger partial charge in [-0.2, -0.15) is 0 Å². The fraction of sp³-hybridized carbons (Fsp3) is 0.636. The first-order valence-electron chi connectivity index (χ1n) is 5.06. The Morgan fingerprint density at radius 1 is 1.44 bits per heavy atom. The molecule has 0 aromatic carbocycles. The lowest BCUT2D eigenvalue weighted by Gasteiger charge is -1.96. The highest BCUT2D eigenvalue weighted by molar-refractivity contribution is 5.82. The standard InChI is InChI=1S/C10H16O2.CH2O3/c1-4-12-9(11)6-5-8-7-10(8,2)3;2-1(3)4/h5-6,8H,4,7H2,1-3H3;(H2,2,3,4). The van der Waals surface area contributed by atoms with Crippen LogP contribution in [-0.2, 0) is 9.53 Å². The van der Waals surface area contributed by atoms with E-state index in [4.69, 9.17) is 19.7 Å². The summed E-state index contributed by atoms with van der Waals surface area (Å²) in [4.78, 5) is 19.4. The summed E-state index contributed by atoms with van der Waals surface area (Å²) in [5.74, 6) is 0.349. The third-order valence-electron chi connectivity index (χ3n) is 2.34. The minimum absolute atomic E-state index is 0.222. The molecule has 0 radical (unpaired) electrons. The van der Waals surface area contributed by atoms with E-state index in [-0.39, 0.29) is 5.97 Å². The number of esters is 1. The van der Waals surface area contributed by atoms with Crippen molar-refractivity contribution in [2.24, 2.45) is 11.3 Å². The molecule has 92 valence electrons. The molecule has 16 heavy (non-hydrogen) atoms. The van der Waals surface area contributed by atoms with Gasteiger partial charge >= 0.3 is 12.1 Å². The zero-order chi connectivity index (χ0) is 12.8. The summed E-state index contributed by atoms with van der Waals surface area (Å²) in [5.41, 5.74) is 0.406. The van der Waals surface area contributed by atoms with Gasteiger partial charge in [0.1, 0.15) is 0 Å². The zero-order valence-corrected chi connectivity index (χ0v) is 9.77. The molecular formula is C11H18O5. The van der Waals surface area contributed by atoms with Crippen LogP contribution in [0.2, 0.25) is 0 Å². The van der Waals surface area contributed by atoms with Gasteiger partial charge < -0.3 is 14.9 Å². The quantitative estimate of drug-likeness (QED) is 0.574. The number of hydrogen-bond donors (Lipinski definition) is 2. The molecule has 2 N–H and O–H groups in total. The maximum Gasteiger partial charge on any atom is 0.503 e. The lowest BCUT2D eigenvalue weighted by atomic mass is 10.1. The maximum atomic E-state index is 10.9. The monoisotopic (exact) mass is 230 g/mol. The average Bonchev–Trinajstić information content (AvgIpc) is 2.70. The minimum Gasteiger partial charge on any atom is -0.463 e. The Labute approximate surface area is 94.7 Å². The first-order valence-corrected chi connectivity index (χ1v) is 5.06. The Hall–Kier alpha value is -1.52. The van der Waals surface area contributed by atoms with Crippen molar-refractivity contribution in [2.45, 2.75) is 27.2 Å². The van der Waals surface area contributed by atoms with Gasteiger partial charge in [0.25, 0.3) is 0 Å². The van der Waals surface area contributed by atoms with Crippen molar-refractivity contribution >= 4 is 12.1 Å². The predicted octanol–water partition coefficient (Wildman–Crippen LogP) is 2.37. The largest absolute Gasteiger partial charge is 0.503 e. The van der Waals surface area contributed by atoms with E-state index < -0.39 is 6.16 Å². The van der Waals surface area contributed by atoms with Gasteiger partial charge in [-0.1, -0.05) is 19.9 Å². The van der Waals surface area contributed by atoms with Gasteiger partial charge in [0.2, 0.25) is 0 Å². The van der Waals surface area contributed by atoms with Gasteiger partial charge in [0.15, 0.2) is 0 Å². The van der Waals surface area contributed by atoms with Gasteiger partial charge in [-0.15, -0.1) is 0 Å². The van der Waals surface area contributed by atoms with Crippen molar-refractivity contribution in [3.8, 4) is 0 Å². The molecule has 1 atom stereocenters. The van der Waals surface area contributed by atoms with Gasteiger partial charge in [0, 0.05) is 6.08 Å². The molecule has 1 aliphatic rings. The van der Waals surface area contributed by atoms with Crippen LogP contribution in [0.1, 0.15) is 27.2 Å². The van der Waals surface area contributed by atoms with Crippen LogP contribution in [0.4, 0.5) is 4.79 Å². The van der Waals surface area contributed by atoms with Crippen LogP contribution in [0, 0.1) is 11.3 Å². The summed E-state index contributed by atoms with van der Waals surface area (Å²) in [6.07, 6.45) is 2.85. The number of carboxylic acid groups (broad SMARTS) is 2. The first kappa shape index (κ1) is 14.5. The molecule has 0 bridgehead atoms. The molecule has 0 aromatic heterocycles. The number of allylic oxidation sites excluding steroid dienone is 1. The number of rotatable bonds is 3. The van der Waals surface area contributed by atoms with Crippen LogP contribution in [0.5, 0.6) is 0 Å². The molecule has 1 rings (SSSR count). The average molecular weight is 230 g/mol. The summed E-state index contributed by atoms with van der Waals surface area (Å²) < 4.78 is 4.76. The summed E-state index contributed by atoms with van der Waals surface area (Å²) in [5, 5.41) is 13.9. The molecule has 0 spiro atoms. The van der Waals surface area contributed by atoms with E-state index in [9.17, 15) is 4.79 Å². The van der Waals surface area contributed by atoms with Crippen LogP contribution < -0.4 is 0 Å². The number of carbonyl (C=O) groups is 2. The summed E-state index contributed by atoms with van der Waals surface area (Å²) in [6, 6.07) is 0. The van der Waals surface area contributed by atoms with Gasteiger partial charge in [-0.05, 0) is 24.7 Å². The minimum atomic E-state index is -1.83. The van der Waals surface area contributed by atoms with Crippen molar-refractivity contribution in [1.82, 2.24) is 0 Å². The zero-order valence-electron chi connectivity index (χ0n) is 9.77. The molecule has 0 amide bonds. The highest BCUT2D eigenvalue weighted by atomic mass is 16.6. The Morgan fingerprint density at radius 2 is 1.88 bits per heavy atom. The molecule has 0 aromatic rings. The van der Waals surface area contributed by atoms with E-state index in [1.165, 1.54) is 6.42 Å². The summed E-state index contributed by atoms with van der Waals surface area (Å²) in [7, 11) is 0. The fourth-order valence-corrected chi connectivity index (χ4v) is 1.22. The van der Waals surface area contributed by atoms with Gasteiger partial charge in [-0.3, -0.25) is 0 Å². The summed E-state index contributed by atoms with van der Waals surface area (Å²) in [6.45, 7) is 6.67. The van der Waals surface area contributed by atoms with Gasteiger partial charge in [-0.25, -0.2) is 9.59 Å². The Bertz CT molecular complexity index is 276. The van der Waals surface area contributed by atoms with E-state index in [0.717, 1.165) is 0 Å². The summed E-state index contributed by atoms with van der Waals surface area (Å²) >= 11 is 0. The topological polar surface area (TPSA) is 83.8 Å². The predicted molar refractivity (Wildman–Crippen MR) is 58.3 cm³/mol. The van der Waals surface area contributed by atoms with E-state index in [0.29, 0.717) is 17.9 Å². The van der Waals surface area contributed by atoms with Crippen LogP contribution in [0.3, 0.4) is 0 Å². The Kier molecular flexibility index (Phi) is 5.56. The van der Waals surface area contributed by atoms with Crippen molar-refractivity contribution in [2.75, 3.05) is 6.61 Å². The van der Waals surface area contributed by atoms with E-state index in [1.54, 1.807) is 6.08 Å². The normalized spacial score (nSPS) is 20.8. The van der Waals surface area contributed by atoms with Crippen molar-refractivity contribution in [3.05, 3.63) is 12.2 Å². The third-order valence-corrected chi connectivity index (χ3v) is 2.34. The molecule has 5 nitrogen and oxygen atoms in total. The smallest absolute Gasteiger partial charge is 0.463 e. The van der Waals surface area contributed by atoms with E-state index >= 15 is 0 Å². The second kappa shape index (κ2) is 6.15. The molecule has 0 saturated heterocycles. The van der Waals surface area contributed by atoms with Crippen molar-refractivity contribution in [1.29, 1.82) is 0 Å². The Morgan fingerprint density at radius 3 is 2.19 bits per heavy atom. The lowest BCUT2D eigenvalue weighted by molar-refractivity contribution is -0.137. The molecule has 5 heteroatoms. The number of carbonyl (C=O) groups excluding carboxylic acids is 1. The van der Waals surface area contributed by atoms with Gasteiger partial charge in [0.05, 0.1) is 6.61 Å². The molecule has 0 heterocycles. The van der Waals surface area contributed by atoms with Crippen molar-refractivity contribution in [3.63, 3.8) is 0 Å². The fourth-order valence-electron chi connectivity index (χ4n) is 1.22. The second-order valence-corrected chi connectivity index (χ2v) is 4.19. The van der Waals surface area contributed by atoms with Crippen LogP contribution in [0.25, 0.3) is 0 Å². The number of ether oxygens (including phenoxy) is 1.